The molecule has 1 heterocycles. The van der Waals surface area contributed by atoms with E-state index in [4.69, 9.17) is 0 Å². The van der Waals surface area contributed by atoms with Gasteiger partial charge in [0.05, 0.1) is 17.4 Å². The molecule has 0 atom stereocenters. The number of ketones is 1. The molecule has 0 saturated heterocycles. The van der Waals surface area contributed by atoms with Crippen LogP contribution in [0.3, 0.4) is 0 Å². The van der Waals surface area contributed by atoms with E-state index in [1.54, 1.807) is 0 Å². The van der Waals surface area contributed by atoms with Gasteiger partial charge in [-0.1, -0.05) is 13.8 Å². The van der Waals surface area contributed by atoms with Crippen LogP contribution in [-0.4, -0.2) is 15.3 Å². The topological polar surface area (TPSA) is 34.9 Å². The van der Waals surface area contributed by atoms with Crippen molar-refractivity contribution in [2.24, 2.45) is 5.92 Å². The predicted molar refractivity (Wildman–Crippen MR) is 67.2 cm³/mol. The normalized spacial score (nSPS) is 15.7. The number of rotatable bonds is 3. The van der Waals surface area contributed by atoms with E-state index in [2.05, 4.69) is 9.55 Å². The molecule has 3 heteroatoms. The number of carbonyl (C=O) groups excluding carboxylic acids is 1. The van der Waals surface area contributed by atoms with Gasteiger partial charge in [-0.2, -0.15) is 0 Å². The molecule has 1 aromatic carbocycles. The Bertz CT molecular complexity index is 579. The summed E-state index contributed by atoms with van der Waals surface area (Å²) in [5.41, 5.74) is 2.85. The maximum Gasteiger partial charge on any atom is 0.165 e. The van der Waals surface area contributed by atoms with Crippen molar-refractivity contribution in [1.29, 1.82) is 0 Å². The summed E-state index contributed by atoms with van der Waals surface area (Å²) in [6.07, 6.45) is 4.39. The van der Waals surface area contributed by atoms with Crippen molar-refractivity contribution in [3.05, 3.63) is 30.1 Å². The summed E-state index contributed by atoms with van der Waals surface area (Å²) in [7, 11) is 0. The van der Waals surface area contributed by atoms with Crippen LogP contribution in [0.1, 0.15) is 43.1 Å². The molecule has 0 spiro atoms. The van der Waals surface area contributed by atoms with Crippen molar-refractivity contribution in [2.45, 2.75) is 32.7 Å². The van der Waals surface area contributed by atoms with E-state index in [1.807, 2.05) is 38.4 Å². The highest BCUT2D eigenvalue weighted by Crippen LogP contribution is 2.37. The molecule has 0 N–H and O–H groups in total. The quantitative estimate of drug-likeness (QED) is 0.756. The third-order valence-electron chi connectivity index (χ3n) is 3.32. The van der Waals surface area contributed by atoms with Crippen molar-refractivity contribution in [1.82, 2.24) is 9.55 Å². The van der Waals surface area contributed by atoms with E-state index >= 15 is 0 Å². The summed E-state index contributed by atoms with van der Waals surface area (Å²) < 4.78 is 2.22. The molecule has 1 saturated carbocycles. The highest BCUT2D eigenvalue weighted by atomic mass is 16.1. The van der Waals surface area contributed by atoms with E-state index in [-0.39, 0.29) is 11.7 Å². The number of aromatic nitrogens is 2. The standard InChI is InChI=1S/C14H16N2O/c1-9(2)14(17)10-3-6-13-12(7-10)15-8-16(13)11-4-5-11/h3,6-9,11H,4-5H2,1-2H3. The van der Waals surface area contributed by atoms with Gasteiger partial charge in [0.15, 0.2) is 5.78 Å². The van der Waals surface area contributed by atoms with Crippen LogP contribution in [0.15, 0.2) is 24.5 Å². The molecule has 0 aliphatic heterocycles. The van der Waals surface area contributed by atoms with Crippen LogP contribution in [0, 0.1) is 5.92 Å². The summed E-state index contributed by atoms with van der Waals surface area (Å²) in [5, 5.41) is 0. The minimum absolute atomic E-state index is 0.0398. The second-order valence-electron chi connectivity index (χ2n) is 5.11. The van der Waals surface area contributed by atoms with Gasteiger partial charge in [-0.25, -0.2) is 4.98 Å². The minimum Gasteiger partial charge on any atom is -0.327 e. The van der Waals surface area contributed by atoms with Crippen molar-refractivity contribution < 1.29 is 4.79 Å². The number of hydrogen-bond donors (Lipinski definition) is 0. The highest BCUT2D eigenvalue weighted by molar-refractivity contribution is 6.00. The largest absolute Gasteiger partial charge is 0.327 e. The average Bonchev–Trinajstić information content (AvgIpc) is 3.07. The van der Waals surface area contributed by atoms with E-state index < -0.39 is 0 Å². The van der Waals surface area contributed by atoms with Crippen LogP contribution in [0.2, 0.25) is 0 Å². The molecule has 2 aromatic rings. The van der Waals surface area contributed by atoms with Gasteiger partial charge in [-0.3, -0.25) is 4.79 Å². The van der Waals surface area contributed by atoms with Crippen LogP contribution < -0.4 is 0 Å². The molecule has 1 aliphatic rings. The first kappa shape index (κ1) is 10.5. The zero-order valence-electron chi connectivity index (χ0n) is 10.2. The molecule has 0 bridgehead atoms. The van der Waals surface area contributed by atoms with Gasteiger partial charge in [-0.05, 0) is 31.0 Å². The highest BCUT2D eigenvalue weighted by Gasteiger charge is 2.25. The first-order valence-electron chi connectivity index (χ1n) is 6.17. The zero-order chi connectivity index (χ0) is 12.0. The Labute approximate surface area is 100 Å². The van der Waals surface area contributed by atoms with Gasteiger partial charge < -0.3 is 4.57 Å². The Balaban J connectivity index is 2.05. The Morgan fingerprint density at radius 2 is 2.18 bits per heavy atom. The Morgan fingerprint density at radius 1 is 1.41 bits per heavy atom. The van der Waals surface area contributed by atoms with Crippen LogP contribution in [0.5, 0.6) is 0 Å². The summed E-state index contributed by atoms with van der Waals surface area (Å²) in [6.45, 7) is 3.85. The molecule has 1 aromatic heterocycles. The maximum atomic E-state index is 11.9. The van der Waals surface area contributed by atoms with Gasteiger partial charge in [0.2, 0.25) is 0 Å². The van der Waals surface area contributed by atoms with E-state index in [9.17, 15) is 4.79 Å². The fraction of sp³-hybridized carbons (Fsp3) is 0.429. The predicted octanol–water partition coefficient (Wildman–Crippen LogP) is 3.21. The fourth-order valence-electron chi connectivity index (χ4n) is 2.16. The number of imidazole rings is 1. The van der Waals surface area contributed by atoms with E-state index in [0.29, 0.717) is 6.04 Å². The summed E-state index contributed by atoms with van der Waals surface area (Å²) >= 11 is 0. The van der Waals surface area contributed by atoms with Crippen LogP contribution in [-0.2, 0) is 0 Å². The van der Waals surface area contributed by atoms with Crippen molar-refractivity contribution in [3.8, 4) is 0 Å². The van der Waals surface area contributed by atoms with Crippen molar-refractivity contribution >= 4 is 16.8 Å². The van der Waals surface area contributed by atoms with Crippen LogP contribution in [0.4, 0.5) is 0 Å². The average molecular weight is 228 g/mol. The monoisotopic (exact) mass is 228 g/mol. The molecule has 88 valence electrons. The number of fused-ring (bicyclic) bond motifs is 1. The lowest BCUT2D eigenvalue weighted by atomic mass is 10.0. The number of benzene rings is 1. The zero-order valence-corrected chi connectivity index (χ0v) is 10.2. The molecular weight excluding hydrogens is 212 g/mol. The first-order chi connectivity index (χ1) is 8.16. The van der Waals surface area contributed by atoms with Crippen LogP contribution in [0.25, 0.3) is 11.0 Å². The third-order valence-corrected chi connectivity index (χ3v) is 3.32. The lowest BCUT2D eigenvalue weighted by molar-refractivity contribution is 0.0939. The fourth-order valence-corrected chi connectivity index (χ4v) is 2.16. The molecule has 0 amide bonds. The van der Waals surface area contributed by atoms with Crippen molar-refractivity contribution in [3.63, 3.8) is 0 Å². The molecular formula is C14H16N2O. The van der Waals surface area contributed by atoms with Crippen LogP contribution >= 0.6 is 0 Å². The molecule has 3 nitrogen and oxygen atoms in total. The summed E-state index contributed by atoms with van der Waals surface area (Å²) in [4.78, 5) is 16.3. The first-order valence-corrected chi connectivity index (χ1v) is 6.17. The minimum atomic E-state index is 0.0398. The van der Waals surface area contributed by atoms with E-state index in [1.165, 1.54) is 12.8 Å². The smallest absolute Gasteiger partial charge is 0.165 e. The molecule has 0 radical (unpaired) electrons. The Hall–Kier alpha value is -1.64. The Morgan fingerprint density at radius 3 is 2.82 bits per heavy atom. The lowest BCUT2D eigenvalue weighted by Gasteiger charge is -2.05. The van der Waals surface area contributed by atoms with Gasteiger partial charge in [0.25, 0.3) is 0 Å². The summed E-state index contributed by atoms with van der Waals surface area (Å²) in [6, 6.07) is 6.49. The van der Waals surface area contributed by atoms with E-state index in [0.717, 1.165) is 16.6 Å². The number of hydrogen-bond acceptors (Lipinski definition) is 2. The van der Waals surface area contributed by atoms with Gasteiger partial charge in [-0.15, -0.1) is 0 Å². The third kappa shape index (κ3) is 1.75. The van der Waals surface area contributed by atoms with Gasteiger partial charge in [0.1, 0.15) is 0 Å². The second kappa shape index (κ2) is 3.69. The number of carbonyl (C=O) groups is 1. The summed E-state index contributed by atoms with van der Waals surface area (Å²) in [5.74, 6) is 0.228. The second-order valence-corrected chi connectivity index (χ2v) is 5.11. The molecule has 1 fully saturated rings. The van der Waals surface area contributed by atoms with Gasteiger partial charge >= 0.3 is 0 Å². The SMILES string of the molecule is CC(C)C(=O)c1ccc2c(c1)ncn2C1CC1. The molecule has 0 unspecified atom stereocenters. The number of nitrogens with zero attached hydrogens (tertiary/aromatic N) is 2. The number of Topliss-reactive ketones (excluding diaryl/α,β-unsaturated/α-hetero) is 1. The van der Waals surface area contributed by atoms with Gasteiger partial charge in [0, 0.05) is 17.5 Å². The molecule has 3 rings (SSSR count). The molecule has 17 heavy (non-hydrogen) atoms. The molecule has 1 aliphatic carbocycles. The van der Waals surface area contributed by atoms with Crippen molar-refractivity contribution in [2.75, 3.05) is 0 Å². The lowest BCUT2D eigenvalue weighted by Crippen LogP contribution is -2.07. The maximum absolute atomic E-state index is 11.9. The Kier molecular flexibility index (Phi) is 2.28.